The van der Waals surface area contributed by atoms with Gasteiger partial charge < -0.3 is 5.11 Å². The maximum absolute atomic E-state index is 11.0. The van der Waals surface area contributed by atoms with Gasteiger partial charge in [-0.25, -0.2) is 0 Å². The highest BCUT2D eigenvalue weighted by Gasteiger charge is 2.30. The van der Waals surface area contributed by atoms with E-state index in [0.717, 1.165) is 42.8 Å². The van der Waals surface area contributed by atoms with Gasteiger partial charge in [-0.05, 0) is 37.7 Å². The number of nitrogens with zero attached hydrogens (tertiary/aromatic N) is 5. The van der Waals surface area contributed by atoms with Crippen LogP contribution in [-0.4, -0.2) is 35.9 Å². The highest BCUT2D eigenvalue weighted by atomic mass is 16.4. The Kier molecular flexibility index (Phi) is 3.48. The van der Waals surface area contributed by atoms with Gasteiger partial charge in [-0.2, -0.15) is 5.10 Å². The molecule has 1 saturated carbocycles. The Balaban J connectivity index is 1.69. The molecular formula is C14H19N5O2. The van der Waals surface area contributed by atoms with Crippen molar-refractivity contribution >= 4 is 5.97 Å². The molecule has 7 nitrogen and oxygen atoms in total. The molecule has 0 unspecified atom stereocenters. The molecule has 1 N–H and O–H groups in total. The summed E-state index contributed by atoms with van der Waals surface area (Å²) in [5.74, 6) is -0.512. The van der Waals surface area contributed by atoms with Gasteiger partial charge in [-0.3, -0.25) is 14.2 Å². The number of aryl methyl sites for hydroxylation is 2. The number of aromatic nitrogens is 5. The molecule has 21 heavy (non-hydrogen) atoms. The number of aliphatic carboxylic acids is 1. The molecule has 0 bridgehead atoms. The van der Waals surface area contributed by atoms with Crippen molar-refractivity contribution < 1.29 is 9.90 Å². The van der Waals surface area contributed by atoms with Crippen molar-refractivity contribution in [2.45, 2.75) is 32.7 Å². The lowest BCUT2D eigenvalue weighted by molar-refractivity contribution is -0.141. The van der Waals surface area contributed by atoms with Gasteiger partial charge in [0.25, 0.3) is 0 Å². The zero-order valence-corrected chi connectivity index (χ0v) is 12.2. The van der Waals surface area contributed by atoms with Crippen molar-refractivity contribution in [2.24, 2.45) is 18.9 Å². The van der Waals surface area contributed by atoms with Crippen LogP contribution in [0.15, 0.2) is 12.4 Å². The normalized spacial score (nSPS) is 21.8. The van der Waals surface area contributed by atoms with Crippen LogP contribution in [0.5, 0.6) is 0 Å². The minimum atomic E-state index is -0.680. The first-order valence-electron chi connectivity index (χ1n) is 7.16. The van der Waals surface area contributed by atoms with Gasteiger partial charge in [0, 0.05) is 19.8 Å². The summed E-state index contributed by atoms with van der Waals surface area (Å²) in [6.07, 6.45) is 6.27. The Morgan fingerprint density at radius 2 is 2.24 bits per heavy atom. The topological polar surface area (TPSA) is 85.8 Å². The summed E-state index contributed by atoms with van der Waals surface area (Å²) in [6.45, 7) is 2.72. The second-order valence-electron chi connectivity index (χ2n) is 5.87. The standard InChI is InChI=1S/C14H19N5O2/c1-9-6-18(2)16-13(9)12-8-19(17-15-12)7-10-3-4-11(5-10)14(20)21/h6,8,10-11H,3-5,7H2,1-2H3,(H,20,21)/t10-,11+/m1/s1. The lowest BCUT2D eigenvalue weighted by Crippen LogP contribution is -2.12. The lowest BCUT2D eigenvalue weighted by Gasteiger charge is -2.08. The minimum absolute atomic E-state index is 0.198. The Bertz CT molecular complexity index is 660. The van der Waals surface area contributed by atoms with E-state index in [2.05, 4.69) is 15.4 Å². The molecule has 1 aliphatic rings. The Hall–Kier alpha value is -2.18. The third-order valence-electron chi connectivity index (χ3n) is 4.13. The molecule has 2 atom stereocenters. The van der Waals surface area contributed by atoms with E-state index >= 15 is 0 Å². The van der Waals surface area contributed by atoms with E-state index in [0.29, 0.717) is 5.92 Å². The monoisotopic (exact) mass is 289 g/mol. The van der Waals surface area contributed by atoms with E-state index in [4.69, 9.17) is 5.11 Å². The van der Waals surface area contributed by atoms with Crippen molar-refractivity contribution in [1.29, 1.82) is 0 Å². The summed E-state index contributed by atoms with van der Waals surface area (Å²) in [4.78, 5) is 11.0. The first kappa shape index (κ1) is 13.8. The maximum Gasteiger partial charge on any atom is 0.306 e. The number of rotatable bonds is 4. The van der Waals surface area contributed by atoms with Crippen molar-refractivity contribution in [1.82, 2.24) is 24.8 Å². The average Bonchev–Trinajstić information content (AvgIpc) is 3.10. The molecular weight excluding hydrogens is 270 g/mol. The molecule has 0 saturated heterocycles. The molecule has 1 fully saturated rings. The van der Waals surface area contributed by atoms with Crippen LogP contribution in [0.4, 0.5) is 0 Å². The number of carboxylic acids is 1. The zero-order valence-electron chi connectivity index (χ0n) is 12.2. The summed E-state index contributed by atoms with van der Waals surface area (Å²) >= 11 is 0. The van der Waals surface area contributed by atoms with Gasteiger partial charge in [-0.1, -0.05) is 5.21 Å². The highest BCUT2D eigenvalue weighted by molar-refractivity contribution is 5.70. The second-order valence-corrected chi connectivity index (χ2v) is 5.87. The fraction of sp³-hybridized carbons (Fsp3) is 0.571. The number of carboxylic acid groups (broad SMARTS) is 1. The number of hydrogen-bond acceptors (Lipinski definition) is 4. The summed E-state index contributed by atoms with van der Waals surface area (Å²) in [5.41, 5.74) is 2.68. The van der Waals surface area contributed by atoms with Crippen LogP contribution in [-0.2, 0) is 18.4 Å². The third kappa shape index (κ3) is 2.81. The van der Waals surface area contributed by atoms with Crippen LogP contribution in [0, 0.1) is 18.8 Å². The summed E-state index contributed by atoms with van der Waals surface area (Å²) < 4.78 is 3.57. The van der Waals surface area contributed by atoms with E-state index in [-0.39, 0.29) is 5.92 Å². The first-order valence-corrected chi connectivity index (χ1v) is 7.16. The molecule has 2 aromatic heterocycles. The number of carbonyl (C=O) groups is 1. The van der Waals surface area contributed by atoms with E-state index in [1.165, 1.54) is 0 Å². The van der Waals surface area contributed by atoms with Crippen molar-refractivity contribution in [3.63, 3.8) is 0 Å². The second kappa shape index (κ2) is 5.31. The molecule has 0 radical (unpaired) electrons. The molecule has 7 heteroatoms. The fourth-order valence-electron chi connectivity index (χ4n) is 3.09. The SMILES string of the molecule is Cc1cn(C)nc1-c1cn(C[C@@H]2CC[C@H](C(=O)O)C2)nn1. The van der Waals surface area contributed by atoms with Crippen LogP contribution < -0.4 is 0 Å². The predicted octanol–water partition coefficient (Wildman–Crippen LogP) is 1.49. The zero-order chi connectivity index (χ0) is 15.0. The van der Waals surface area contributed by atoms with Crippen LogP contribution in [0.25, 0.3) is 11.4 Å². The third-order valence-corrected chi connectivity index (χ3v) is 4.13. The van der Waals surface area contributed by atoms with Gasteiger partial charge in [0.2, 0.25) is 0 Å². The molecule has 1 aliphatic carbocycles. The predicted molar refractivity (Wildman–Crippen MR) is 75.4 cm³/mol. The van der Waals surface area contributed by atoms with Crippen LogP contribution in [0.1, 0.15) is 24.8 Å². The van der Waals surface area contributed by atoms with Crippen LogP contribution in [0.2, 0.25) is 0 Å². The molecule has 0 aliphatic heterocycles. The molecule has 2 aromatic rings. The van der Waals surface area contributed by atoms with Crippen molar-refractivity contribution in [3.8, 4) is 11.4 Å². The average molecular weight is 289 g/mol. The van der Waals surface area contributed by atoms with Gasteiger partial charge in [0.1, 0.15) is 11.4 Å². The smallest absolute Gasteiger partial charge is 0.306 e. The van der Waals surface area contributed by atoms with Crippen LogP contribution >= 0.6 is 0 Å². The summed E-state index contributed by atoms with van der Waals surface area (Å²) in [5, 5.41) is 21.7. The largest absolute Gasteiger partial charge is 0.481 e. The van der Waals surface area contributed by atoms with Crippen molar-refractivity contribution in [3.05, 3.63) is 18.0 Å². The quantitative estimate of drug-likeness (QED) is 0.921. The van der Waals surface area contributed by atoms with Crippen LogP contribution in [0.3, 0.4) is 0 Å². The van der Waals surface area contributed by atoms with Gasteiger partial charge in [0.05, 0.1) is 12.1 Å². The fourth-order valence-corrected chi connectivity index (χ4v) is 3.09. The molecule has 0 aromatic carbocycles. The molecule has 2 heterocycles. The lowest BCUT2D eigenvalue weighted by atomic mass is 10.1. The maximum atomic E-state index is 11.0. The molecule has 0 amide bonds. The van der Waals surface area contributed by atoms with Crippen molar-refractivity contribution in [2.75, 3.05) is 0 Å². The van der Waals surface area contributed by atoms with E-state index < -0.39 is 5.97 Å². The van der Waals surface area contributed by atoms with E-state index in [1.807, 2.05) is 26.4 Å². The summed E-state index contributed by atoms with van der Waals surface area (Å²) in [7, 11) is 1.88. The van der Waals surface area contributed by atoms with E-state index in [1.54, 1.807) is 9.36 Å². The van der Waals surface area contributed by atoms with Gasteiger partial charge in [0.15, 0.2) is 0 Å². The molecule has 112 valence electrons. The Labute approximate surface area is 122 Å². The van der Waals surface area contributed by atoms with Gasteiger partial charge >= 0.3 is 5.97 Å². The van der Waals surface area contributed by atoms with Gasteiger partial charge in [-0.15, -0.1) is 5.10 Å². The molecule has 3 rings (SSSR count). The highest BCUT2D eigenvalue weighted by Crippen LogP contribution is 2.32. The first-order chi connectivity index (χ1) is 10.0. The molecule has 0 spiro atoms. The van der Waals surface area contributed by atoms with E-state index in [9.17, 15) is 4.79 Å². The number of hydrogen-bond donors (Lipinski definition) is 1. The summed E-state index contributed by atoms with van der Waals surface area (Å²) in [6, 6.07) is 0. The Morgan fingerprint density at radius 1 is 1.43 bits per heavy atom. The Morgan fingerprint density at radius 3 is 2.86 bits per heavy atom. The minimum Gasteiger partial charge on any atom is -0.481 e.